The number of alkyl halides is 1. The van der Waals surface area contributed by atoms with Gasteiger partial charge >= 0.3 is 12.2 Å². The Morgan fingerprint density at radius 1 is 1.07 bits per heavy atom. The first-order valence-corrected chi connectivity index (χ1v) is 21.0. The summed E-state index contributed by atoms with van der Waals surface area (Å²) < 4.78 is 65.7. The number of terminal acetylenes is 1. The molecule has 0 amide bonds. The van der Waals surface area contributed by atoms with Gasteiger partial charge in [-0.3, -0.25) is 9.88 Å². The van der Waals surface area contributed by atoms with Crippen LogP contribution in [0.4, 0.5) is 23.8 Å². The molecule has 6 aliphatic rings. The fourth-order valence-electron chi connectivity index (χ4n) is 11.8. The van der Waals surface area contributed by atoms with E-state index in [-0.39, 0.29) is 76.1 Å². The van der Waals surface area contributed by atoms with Crippen molar-refractivity contribution in [2.24, 2.45) is 23.7 Å². The van der Waals surface area contributed by atoms with Crippen molar-refractivity contribution in [3.63, 3.8) is 0 Å². The molecule has 4 bridgehead atoms. The van der Waals surface area contributed by atoms with E-state index in [0.717, 1.165) is 51.5 Å². The molecular weight excluding hydrogens is 746 g/mol. The Balaban J connectivity index is 1.04. The van der Waals surface area contributed by atoms with Crippen LogP contribution in [-0.2, 0) is 4.74 Å². The highest BCUT2D eigenvalue weighted by Crippen LogP contribution is 2.47. The highest BCUT2D eigenvalue weighted by molar-refractivity contribution is 6.03. The van der Waals surface area contributed by atoms with Crippen molar-refractivity contribution in [1.29, 1.82) is 0 Å². The lowest BCUT2D eigenvalue weighted by molar-refractivity contribution is -0.0548. The van der Waals surface area contributed by atoms with Crippen molar-refractivity contribution in [2.75, 3.05) is 37.7 Å². The summed E-state index contributed by atoms with van der Waals surface area (Å²) in [5.41, 5.74) is -0.599. The van der Waals surface area contributed by atoms with Gasteiger partial charge in [-0.15, -0.1) is 6.42 Å². The summed E-state index contributed by atoms with van der Waals surface area (Å²) in [4.78, 5) is 31.9. The molecule has 6 fully saturated rings. The monoisotopic (exact) mass is 794 g/mol. The summed E-state index contributed by atoms with van der Waals surface area (Å²) in [5.74, 6) is 3.24. The van der Waals surface area contributed by atoms with E-state index in [1.807, 2.05) is 0 Å². The zero-order valence-electron chi connectivity index (χ0n) is 33.0. The third kappa shape index (κ3) is 6.60. The highest BCUT2D eigenvalue weighted by Gasteiger charge is 2.49. The first-order chi connectivity index (χ1) is 28.0. The second kappa shape index (κ2) is 14.6. The Morgan fingerprint density at radius 3 is 2.71 bits per heavy atom. The maximum absolute atomic E-state index is 17.4. The molecule has 6 heterocycles. The molecule has 4 aromatic rings. The summed E-state index contributed by atoms with van der Waals surface area (Å²) in [5, 5.41) is 4.70. The van der Waals surface area contributed by atoms with E-state index in [2.05, 4.69) is 44.9 Å². The number of fused-ring (bicyclic) bond motifs is 7. The maximum Gasteiger partial charge on any atom is 0.514 e. The Hall–Kier alpha value is -4.67. The smallest absolute Gasteiger partial charge is 0.461 e. The first kappa shape index (κ1) is 37.6. The number of piperazine rings is 1. The number of aromatic nitrogens is 3. The fourth-order valence-corrected chi connectivity index (χ4v) is 11.8. The van der Waals surface area contributed by atoms with Gasteiger partial charge < -0.3 is 24.4 Å². The molecule has 2 aromatic heterocycles. The van der Waals surface area contributed by atoms with Gasteiger partial charge in [-0.2, -0.15) is 9.97 Å². The Bertz CT molecular complexity index is 2320. The van der Waals surface area contributed by atoms with Gasteiger partial charge in [0.05, 0.1) is 16.5 Å². The van der Waals surface area contributed by atoms with Gasteiger partial charge in [0, 0.05) is 55.3 Å². The summed E-state index contributed by atoms with van der Waals surface area (Å²) in [6.07, 6.45) is 13.7. The number of hydrogen-bond donors (Lipinski definition) is 1. The Kier molecular flexibility index (Phi) is 9.43. The molecule has 2 aliphatic carbocycles. The number of nitrogens with one attached hydrogen (secondary N) is 1. The van der Waals surface area contributed by atoms with E-state index in [0.29, 0.717) is 54.5 Å². The van der Waals surface area contributed by atoms with Crippen LogP contribution in [0.5, 0.6) is 11.8 Å². The molecule has 58 heavy (non-hydrogen) atoms. The van der Waals surface area contributed by atoms with Gasteiger partial charge in [0.15, 0.2) is 5.82 Å². The van der Waals surface area contributed by atoms with Crippen LogP contribution in [0.2, 0.25) is 0 Å². The molecule has 0 spiro atoms. The fraction of sp³-hybridized carbons (Fsp3) is 0.556. The van der Waals surface area contributed by atoms with Crippen LogP contribution in [0.25, 0.3) is 32.9 Å². The molecule has 10 rings (SSSR count). The highest BCUT2D eigenvalue weighted by atomic mass is 19.1. The largest absolute Gasteiger partial charge is 0.514 e. The molecular formula is C45H49F3N6O4. The van der Waals surface area contributed by atoms with Crippen LogP contribution in [0.1, 0.15) is 77.2 Å². The van der Waals surface area contributed by atoms with E-state index in [1.54, 1.807) is 6.07 Å². The van der Waals surface area contributed by atoms with Crippen LogP contribution in [0.15, 0.2) is 30.5 Å². The van der Waals surface area contributed by atoms with Crippen molar-refractivity contribution in [3.8, 4) is 35.4 Å². The van der Waals surface area contributed by atoms with Gasteiger partial charge in [0.25, 0.3) is 0 Å². The molecule has 10 nitrogen and oxygen atoms in total. The molecule has 2 aromatic carbocycles. The zero-order valence-corrected chi connectivity index (χ0v) is 33.0. The standard InChI is InChI=1S/C45H49F3N6O4/c1-4-33-36(47)9-6-27-16-32(57-44(55)58-41-25(3)14-26-12-24(2)13-28(41)15-26)17-34(37(27)33)39-38(48)40-35(19-49-39)42(53-21-30-7-8-31(22-53)50-30)52-43(51-40)56-23-45-10-5-11-54(45)20-29(46)18-45/h1,6,9,16-17,19,24-26,28-31,41,50H,5,7-8,10-15,18,20-23H2,2-3H3/t24?,25?,26?,28?,29-,30?,31?,41?,45+/m1/s1. The molecule has 0 radical (unpaired) electrons. The van der Waals surface area contributed by atoms with Gasteiger partial charge in [-0.1, -0.05) is 25.8 Å². The van der Waals surface area contributed by atoms with E-state index >= 15 is 8.78 Å². The van der Waals surface area contributed by atoms with Gasteiger partial charge in [-0.25, -0.2) is 18.0 Å². The van der Waals surface area contributed by atoms with Crippen molar-refractivity contribution >= 4 is 33.6 Å². The quantitative estimate of drug-likeness (QED) is 0.113. The summed E-state index contributed by atoms with van der Waals surface area (Å²) in [7, 11) is 0. The number of carbonyl (C=O) groups is 1. The van der Waals surface area contributed by atoms with Gasteiger partial charge in [0.1, 0.15) is 47.5 Å². The summed E-state index contributed by atoms with van der Waals surface area (Å²) >= 11 is 0. The maximum atomic E-state index is 17.4. The third-order valence-corrected chi connectivity index (χ3v) is 14.1. The number of benzene rings is 2. The predicted octanol–water partition coefficient (Wildman–Crippen LogP) is 7.98. The number of ether oxygens (including phenoxy) is 3. The molecule has 7 unspecified atom stereocenters. The van der Waals surface area contributed by atoms with Gasteiger partial charge in [0.2, 0.25) is 0 Å². The lowest BCUT2D eigenvalue weighted by atomic mass is 9.64. The van der Waals surface area contributed by atoms with E-state index in [4.69, 9.17) is 25.6 Å². The molecule has 304 valence electrons. The number of carbonyl (C=O) groups excluding carboxylic acids is 1. The number of pyridine rings is 1. The van der Waals surface area contributed by atoms with E-state index in [9.17, 15) is 9.18 Å². The Labute approximate surface area is 336 Å². The zero-order chi connectivity index (χ0) is 39.9. The van der Waals surface area contributed by atoms with Crippen molar-refractivity contribution in [1.82, 2.24) is 25.2 Å². The summed E-state index contributed by atoms with van der Waals surface area (Å²) in [6.45, 7) is 7.06. The minimum absolute atomic E-state index is 0.0105. The van der Waals surface area contributed by atoms with Crippen LogP contribution in [0, 0.1) is 47.6 Å². The summed E-state index contributed by atoms with van der Waals surface area (Å²) in [6, 6.07) is 6.30. The topological polar surface area (TPSA) is 102 Å². The number of hydrogen-bond acceptors (Lipinski definition) is 10. The molecule has 4 aliphatic heterocycles. The van der Waals surface area contributed by atoms with Crippen molar-refractivity contribution in [3.05, 3.63) is 47.7 Å². The molecule has 2 saturated carbocycles. The number of nitrogens with zero attached hydrogens (tertiary/aromatic N) is 5. The SMILES string of the molecule is C#Cc1c(F)ccc2cc(OC(=O)OC3C(C)CC4CC(C)CC3C4)cc(-c3ncc4c(N5CC6CCC(C5)N6)nc(OC[C@@]56CCCN5C[C@H](F)C6)nc4c3F)c12. The average molecular weight is 795 g/mol. The number of anilines is 1. The minimum Gasteiger partial charge on any atom is -0.461 e. The van der Waals surface area contributed by atoms with E-state index in [1.165, 1.54) is 30.8 Å². The second-order valence-corrected chi connectivity index (χ2v) is 18.1. The van der Waals surface area contributed by atoms with Gasteiger partial charge in [-0.05, 0) is 105 Å². The van der Waals surface area contributed by atoms with Crippen LogP contribution >= 0.6 is 0 Å². The van der Waals surface area contributed by atoms with Crippen LogP contribution < -0.4 is 19.7 Å². The lowest BCUT2D eigenvalue weighted by Gasteiger charge is -2.45. The second-order valence-electron chi connectivity index (χ2n) is 18.1. The number of halogens is 3. The predicted molar refractivity (Wildman–Crippen MR) is 214 cm³/mol. The van der Waals surface area contributed by atoms with Crippen LogP contribution in [0.3, 0.4) is 0 Å². The average Bonchev–Trinajstić information content (AvgIpc) is 3.85. The normalized spacial score (nSPS) is 31.7. The molecule has 1 N–H and O–H groups in total. The first-order valence-electron chi connectivity index (χ1n) is 21.0. The third-order valence-electron chi connectivity index (χ3n) is 14.1. The molecule has 4 saturated heterocycles. The molecule has 13 heteroatoms. The lowest BCUT2D eigenvalue weighted by Crippen LogP contribution is -2.51. The number of rotatable bonds is 7. The Morgan fingerprint density at radius 2 is 1.90 bits per heavy atom. The van der Waals surface area contributed by atoms with Crippen molar-refractivity contribution < 1.29 is 32.2 Å². The van der Waals surface area contributed by atoms with Crippen molar-refractivity contribution in [2.45, 2.75) is 102 Å². The van der Waals surface area contributed by atoms with E-state index < -0.39 is 29.5 Å². The molecule has 9 atom stereocenters. The minimum atomic E-state index is -0.937. The van der Waals surface area contributed by atoms with Crippen LogP contribution in [-0.4, -0.2) is 88.7 Å².